The summed E-state index contributed by atoms with van der Waals surface area (Å²) in [5, 5.41) is 6.39. The van der Waals surface area contributed by atoms with E-state index in [2.05, 4.69) is 31.4 Å². The summed E-state index contributed by atoms with van der Waals surface area (Å²) in [4.78, 5) is 23.9. The molecule has 2 heterocycles. The lowest BCUT2D eigenvalue weighted by Gasteiger charge is -2.30. The molecule has 1 unspecified atom stereocenters. The molecule has 0 radical (unpaired) electrons. The molecular formula is C27H38ClFN6O3S. The van der Waals surface area contributed by atoms with E-state index in [0.29, 0.717) is 22.8 Å². The van der Waals surface area contributed by atoms with E-state index in [9.17, 15) is 9.00 Å². The SMILES string of the molecule is C=S(C)(=O)N(C)[C@@H]1CCC[C@H]1Cc1nc(Nc2cc(F)c(C(=O)NC3CCN(C)CC3)cc2OC)ncc1Cl. The Morgan fingerprint density at radius 2 is 2.03 bits per heavy atom. The van der Waals surface area contributed by atoms with Gasteiger partial charge in [-0.15, -0.1) is 0 Å². The predicted molar refractivity (Wildman–Crippen MR) is 155 cm³/mol. The lowest BCUT2D eigenvalue weighted by Crippen LogP contribution is -2.43. The summed E-state index contributed by atoms with van der Waals surface area (Å²) < 4.78 is 35.0. The van der Waals surface area contributed by atoms with E-state index in [4.69, 9.17) is 16.3 Å². The maximum absolute atomic E-state index is 15.1. The minimum absolute atomic E-state index is 0.00872. The number of hydrogen-bond acceptors (Lipinski definition) is 7. The van der Waals surface area contributed by atoms with Crippen molar-refractivity contribution >= 4 is 44.7 Å². The van der Waals surface area contributed by atoms with Gasteiger partial charge in [0.05, 0.1) is 35.3 Å². The van der Waals surface area contributed by atoms with Crippen molar-refractivity contribution in [3.63, 3.8) is 0 Å². The molecular weight excluding hydrogens is 543 g/mol. The number of amides is 1. The van der Waals surface area contributed by atoms with Crippen LogP contribution in [0.15, 0.2) is 18.3 Å². The molecule has 12 heteroatoms. The van der Waals surface area contributed by atoms with Crippen molar-refractivity contribution in [3.05, 3.63) is 40.4 Å². The Kier molecular flexibility index (Phi) is 9.36. The van der Waals surface area contributed by atoms with Gasteiger partial charge < -0.3 is 20.3 Å². The number of benzene rings is 1. The summed E-state index contributed by atoms with van der Waals surface area (Å²) in [5.41, 5.74) is 0.864. The van der Waals surface area contributed by atoms with Crippen LogP contribution in [-0.2, 0) is 16.1 Å². The van der Waals surface area contributed by atoms with Gasteiger partial charge in [-0.25, -0.2) is 18.7 Å². The van der Waals surface area contributed by atoms with Crippen molar-refractivity contribution < 1.29 is 18.1 Å². The van der Waals surface area contributed by atoms with E-state index in [1.807, 2.05) is 18.4 Å². The normalized spacial score (nSPS) is 22.0. The van der Waals surface area contributed by atoms with E-state index in [1.165, 1.54) is 25.4 Å². The minimum Gasteiger partial charge on any atom is -0.495 e. The van der Waals surface area contributed by atoms with Crippen molar-refractivity contribution in [1.82, 2.24) is 24.5 Å². The Hall–Kier alpha value is -2.47. The molecule has 2 N–H and O–H groups in total. The standard InChI is InChI=1S/C27H38ClFN6O3S/c1-34-11-9-18(10-12-34)31-26(36)19-14-25(38-3)23(15-21(19)29)33-27-30-16-20(28)22(32-27)13-17-7-6-8-24(17)35(2)39(4,5)37/h14-18,24H,4,6-13H2,1-3,5H3,(H,31,36)(H,30,32,33)/t17-,24+,39?/m0/s1. The quantitative estimate of drug-likeness (QED) is 0.436. The lowest BCUT2D eigenvalue weighted by atomic mass is 9.97. The first-order valence-electron chi connectivity index (χ1n) is 13.2. The smallest absolute Gasteiger partial charge is 0.254 e. The Morgan fingerprint density at radius 3 is 2.69 bits per heavy atom. The fraction of sp³-hybridized carbons (Fsp3) is 0.556. The number of rotatable bonds is 9. The van der Waals surface area contributed by atoms with Gasteiger partial charge in [0, 0.05) is 34.1 Å². The Bertz CT molecular complexity index is 1300. The summed E-state index contributed by atoms with van der Waals surface area (Å²) in [5.74, 6) is 3.42. The van der Waals surface area contributed by atoms with Crippen molar-refractivity contribution in [1.29, 1.82) is 0 Å². The molecule has 0 bridgehead atoms. The third-order valence-electron chi connectivity index (χ3n) is 7.80. The van der Waals surface area contributed by atoms with Gasteiger partial charge in [0.15, 0.2) is 0 Å². The average Bonchev–Trinajstić information content (AvgIpc) is 3.34. The van der Waals surface area contributed by atoms with Gasteiger partial charge in [-0.2, -0.15) is 0 Å². The molecule has 0 spiro atoms. The van der Waals surface area contributed by atoms with Crippen molar-refractivity contribution in [2.24, 2.45) is 5.92 Å². The second kappa shape index (κ2) is 12.4. The molecule has 1 aromatic heterocycles. The maximum atomic E-state index is 15.1. The molecule has 9 nitrogen and oxygen atoms in total. The largest absolute Gasteiger partial charge is 0.495 e. The molecule has 2 aromatic rings. The molecule has 1 aromatic carbocycles. The van der Waals surface area contributed by atoms with Crippen LogP contribution in [0.4, 0.5) is 16.0 Å². The number of carbonyl (C=O) groups excluding carboxylic acids is 1. The van der Waals surface area contributed by atoms with E-state index < -0.39 is 21.4 Å². The summed E-state index contributed by atoms with van der Waals surface area (Å²) in [6, 6.07) is 2.73. The summed E-state index contributed by atoms with van der Waals surface area (Å²) >= 11 is 6.46. The fourth-order valence-corrected chi connectivity index (χ4v) is 6.42. The van der Waals surface area contributed by atoms with Crippen molar-refractivity contribution in [2.45, 2.75) is 50.6 Å². The first-order valence-corrected chi connectivity index (χ1v) is 15.6. The number of nitrogens with one attached hydrogen (secondary N) is 2. The highest BCUT2D eigenvalue weighted by Gasteiger charge is 2.33. The summed E-state index contributed by atoms with van der Waals surface area (Å²) in [6.07, 6.45) is 8.31. The molecule has 1 aliphatic carbocycles. The molecule has 1 saturated carbocycles. The van der Waals surface area contributed by atoms with E-state index in [-0.39, 0.29) is 35.3 Å². The summed E-state index contributed by atoms with van der Waals surface area (Å²) in [6.45, 7) is 1.77. The van der Waals surface area contributed by atoms with Crippen LogP contribution in [0.2, 0.25) is 5.02 Å². The third kappa shape index (κ3) is 7.19. The van der Waals surface area contributed by atoms with Crippen LogP contribution in [0.3, 0.4) is 0 Å². The summed E-state index contributed by atoms with van der Waals surface area (Å²) in [7, 11) is 3.02. The number of ether oxygens (including phenoxy) is 1. The monoisotopic (exact) mass is 580 g/mol. The van der Waals surface area contributed by atoms with Gasteiger partial charge in [0.2, 0.25) is 5.95 Å². The second-order valence-electron chi connectivity index (χ2n) is 10.7. The molecule has 4 rings (SSSR count). The zero-order valence-corrected chi connectivity index (χ0v) is 24.6. The number of halogens is 2. The highest BCUT2D eigenvalue weighted by molar-refractivity contribution is 7.97. The molecule has 3 atom stereocenters. The molecule has 1 aliphatic heterocycles. The number of likely N-dealkylation sites (tertiary alicyclic amines) is 1. The molecule has 39 heavy (non-hydrogen) atoms. The Balaban J connectivity index is 1.50. The van der Waals surface area contributed by atoms with Crippen LogP contribution in [0.25, 0.3) is 0 Å². The van der Waals surface area contributed by atoms with Gasteiger partial charge >= 0.3 is 0 Å². The number of methoxy groups -OCH3 is 1. The second-order valence-corrected chi connectivity index (χ2v) is 13.6. The zero-order valence-electron chi connectivity index (χ0n) is 23.0. The minimum atomic E-state index is -2.33. The maximum Gasteiger partial charge on any atom is 0.254 e. The first-order chi connectivity index (χ1) is 18.5. The highest BCUT2D eigenvalue weighted by Crippen LogP contribution is 2.35. The van der Waals surface area contributed by atoms with Gasteiger partial charge in [-0.05, 0) is 77.1 Å². The van der Waals surface area contributed by atoms with E-state index in [1.54, 1.807) is 6.26 Å². The molecule has 214 valence electrons. The van der Waals surface area contributed by atoms with Crippen LogP contribution in [0.1, 0.15) is 48.2 Å². The number of aromatic nitrogens is 2. The molecule has 1 amide bonds. The molecule has 2 fully saturated rings. The fourth-order valence-electron chi connectivity index (χ4n) is 5.41. The highest BCUT2D eigenvalue weighted by atomic mass is 35.5. The number of hydrogen-bond donors (Lipinski definition) is 2. The van der Waals surface area contributed by atoms with E-state index in [0.717, 1.165) is 45.2 Å². The van der Waals surface area contributed by atoms with Crippen LogP contribution < -0.4 is 15.4 Å². The van der Waals surface area contributed by atoms with Gasteiger partial charge in [0.1, 0.15) is 11.6 Å². The number of piperidine rings is 1. The van der Waals surface area contributed by atoms with Crippen LogP contribution in [0, 0.1) is 11.7 Å². The van der Waals surface area contributed by atoms with Crippen LogP contribution in [0.5, 0.6) is 5.75 Å². The van der Waals surface area contributed by atoms with Crippen LogP contribution >= 0.6 is 11.6 Å². The van der Waals surface area contributed by atoms with Crippen molar-refractivity contribution in [3.8, 4) is 5.75 Å². The molecule has 1 saturated heterocycles. The third-order valence-corrected chi connectivity index (χ3v) is 9.61. The van der Waals surface area contributed by atoms with Crippen molar-refractivity contribution in [2.75, 3.05) is 45.9 Å². The van der Waals surface area contributed by atoms with Crippen LogP contribution in [-0.4, -0.2) is 87.8 Å². The number of anilines is 2. The van der Waals surface area contributed by atoms with Gasteiger partial charge in [-0.1, -0.05) is 18.0 Å². The Labute approximate surface area is 235 Å². The van der Waals surface area contributed by atoms with E-state index >= 15 is 4.39 Å². The number of carbonyl (C=O) groups is 1. The number of nitrogens with zero attached hydrogens (tertiary/aromatic N) is 4. The Morgan fingerprint density at radius 1 is 1.31 bits per heavy atom. The zero-order chi connectivity index (χ0) is 28.3. The topological polar surface area (TPSA) is 99.7 Å². The average molecular weight is 581 g/mol. The van der Waals surface area contributed by atoms with Gasteiger partial charge in [-0.3, -0.25) is 9.00 Å². The lowest BCUT2D eigenvalue weighted by molar-refractivity contribution is 0.0912. The van der Waals surface area contributed by atoms with Gasteiger partial charge in [0.25, 0.3) is 5.91 Å². The predicted octanol–water partition coefficient (Wildman–Crippen LogP) is 3.75. The first kappa shape index (κ1) is 29.5. The molecule has 2 aliphatic rings.